The molecule has 0 aliphatic heterocycles. The summed E-state index contributed by atoms with van der Waals surface area (Å²) in [6.45, 7) is 0.976. The van der Waals surface area contributed by atoms with Crippen molar-refractivity contribution in [3.8, 4) is 0 Å². The van der Waals surface area contributed by atoms with Crippen LogP contribution in [0.4, 0.5) is 13.2 Å². The van der Waals surface area contributed by atoms with Crippen LogP contribution in [0, 0.1) is 0 Å². The summed E-state index contributed by atoms with van der Waals surface area (Å²) in [5.74, 6) is -1.50. The molecule has 0 aliphatic carbocycles. The third-order valence-electron chi connectivity index (χ3n) is 2.03. The van der Waals surface area contributed by atoms with Crippen molar-refractivity contribution >= 4 is 11.7 Å². The number of carbonyl (C=O) groups excluding carboxylic acids is 2. The Morgan fingerprint density at radius 2 is 1.94 bits per heavy atom. The predicted octanol–water partition coefficient (Wildman–Crippen LogP) is 1.91. The molecule has 0 saturated heterocycles. The van der Waals surface area contributed by atoms with E-state index in [1.54, 1.807) is 0 Å². The van der Waals surface area contributed by atoms with E-state index in [0.717, 1.165) is 19.1 Å². The van der Waals surface area contributed by atoms with Crippen molar-refractivity contribution in [3.05, 3.63) is 35.4 Å². The summed E-state index contributed by atoms with van der Waals surface area (Å²) in [6, 6.07) is 4.56. The number of carbonyl (C=O) groups is 2. The number of ketones is 1. The summed E-state index contributed by atoms with van der Waals surface area (Å²) in [4.78, 5) is 21.5. The fraction of sp³-hybridized carbons (Fsp3) is 0.273. The van der Waals surface area contributed by atoms with Gasteiger partial charge in [0.05, 0.1) is 5.56 Å². The first-order valence-electron chi connectivity index (χ1n) is 4.75. The Bertz CT molecular complexity index is 441. The van der Waals surface area contributed by atoms with Crippen molar-refractivity contribution in [2.45, 2.75) is 19.6 Å². The second-order valence-electron chi connectivity index (χ2n) is 3.44. The molecule has 0 spiro atoms. The van der Waals surface area contributed by atoms with Gasteiger partial charge in [0.2, 0.25) is 5.78 Å². The summed E-state index contributed by atoms with van der Waals surface area (Å²) >= 11 is 0. The average Bonchev–Trinajstić information content (AvgIpc) is 2.25. The molecule has 1 N–H and O–H groups in total. The monoisotopic (exact) mass is 245 g/mol. The van der Waals surface area contributed by atoms with Gasteiger partial charge in [0.25, 0.3) is 5.91 Å². The molecule has 1 aromatic carbocycles. The summed E-state index contributed by atoms with van der Waals surface area (Å²) in [5.41, 5.74) is -0.499. The van der Waals surface area contributed by atoms with Crippen molar-refractivity contribution in [1.82, 2.24) is 5.32 Å². The summed E-state index contributed by atoms with van der Waals surface area (Å²) < 4.78 is 37.1. The number of halogens is 3. The van der Waals surface area contributed by atoms with Crippen LogP contribution in [0.2, 0.25) is 0 Å². The molecule has 3 nitrogen and oxygen atoms in total. The van der Waals surface area contributed by atoms with E-state index in [0.29, 0.717) is 0 Å². The van der Waals surface area contributed by atoms with Gasteiger partial charge in [-0.2, -0.15) is 13.2 Å². The molecule has 1 rings (SSSR count). The summed E-state index contributed by atoms with van der Waals surface area (Å²) in [6.07, 6.45) is -4.42. The molecule has 0 aliphatic rings. The zero-order valence-corrected chi connectivity index (χ0v) is 8.97. The van der Waals surface area contributed by atoms with Crippen LogP contribution in [-0.4, -0.2) is 11.7 Å². The maximum Gasteiger partial charge on any atom is 0.416 e. The lowest BCUT2D eigenvalue weighted by Crippen LogP contribution is -2.28. The normalized spacial score (nSPS) is 11.1. The third kappa shape index (κ3) is 3.90. The van der Waals surface area contributed by atoms with Gasteiger partial charge in [0, 0.05) is 13.5 Å². The van der Waals surface area contributed by atoms with E-state index in [4.69, 9.17) is 0 Å². The highest BCUT2D eigenvalue weighted by atomic mass is 19.4. The van der Waals surface area contributed by atoms with Crippen LogP contribution in [-0.2, 0) is 22.3 Å². The molecular weight excluding hydrogens is 235 g/mol. The molecule has 0 heterocycles. The molecule has 17 heavy (non-hydrogen) atoms. The minimum Gasteiger partial charge on any atom is -0.345 e. The quantitative estimate of drug-likeness (QED) is 0.827. The van der Waals surface area contributed by atoms with Gasteiger partial charge in [-0.25, -0.2) is 0 Å². The Labute approximate surface area is 95.6 Å². The van der Waals surface area contributed by atoms with Crippen LogP contribution >= 0.6 is 0 Å². The molecule has 0 saturated carbocycles. The number of Topliss-reactive ketones (excluding diaryl/α,β-unsaturated/α-hetero) is 1. The molecule has 92 valence electrons. The largest absolute Gasteiger partial charge is 0.416 e. The first kappa shape index (κ1) is 13.2. The van der Waals surface area contributed by atoms with Crippen LogP contribution in [0.1, 0.15) is 18.1 Å². The molecule has 1 aromatic rings. The Balaban J connectivity index is 2.73. The molecule has 0 fully saturated rings. The topological polar surface area (TPSA) is 46.2 Å². The van der Waals surface area contributed by atoms with Crippen molar-refractivity contribution < 1.29 is 22.8 Å². The third-order valence-corrected chi connectivity index (χ3v) is 2.03. The number of hydrogen-bond acceptors (Lipinski definition) is 2. The molecule has 0 bridgehead atoms. The van der Waals surface area contributed by atoms with Crippen LogP contribution in [0.25, 0.3) is 0 Å². The van der Waals surface area contributed by atoms with E-state index in [1.807, 2.05) is 0 Å². The van der Waals surface area contributed by atoms with Gasteiger partial charge in [-0.05, 0) is 17.7 Å². The molecule has 0 atom stereocenters. The highest BCUT2D eigenvalue weighted by molar-refractivity contribution is 6.35. The maximum absolute atomic E-state index is 12.4. The first-order valence-corrected chi connectivity index (χ1v) is 4.75. The van der Waals surface area contributed by atoms with E-state index >= 15 is 0 Å². The van der Waals surface area contributed by atoms with E-state index in [-0.39, 0.29) is 12.1 Å². The van der Waals surface area contributed by atoms with Gasteiger partial charge in [-0.3, -0.25) is 9.59 Å². The standard InChI is InChI=1S/C11H10F3NO2/c1-7(16)10(17)15-6-8-3-2-4-9(5-8)11(12,13)14/h2-5H,6H2,1H3,(H,15,17). The second kappa shape index (κ2) is 4.99. The van der Waals surface area contributed by atoms with Gasteiger partial charge in [0.15, 0.2) is 0 Å². The lowest BCUT2D eigenvalue weighted by atomic mass is 10.1. The Morgan fingerprint density at radius 3 is 2.47 bits per heavy atom. The van der Waals surface area contributed by atoms with Crippen molar-refractivity contribution in [1.29, 1.82) is 0 Å². The Morgan fingerprint density at radius 1 is 1.29 bits per heavy atom. The summed E-state index contributed by atoms with van der Waals surface area (Å²) in [7, 11) is 0. The highest BCUT2D eigenvalue weighted by Crippen LogP contribution is 2.29. The fourth-order valence-corrected chi connectivity index (χ4v) is 1.16. The number of alkyl halides is 3. The maximum atomic E-state index is 12.4. The minimum atomic E-state index is -4.42. The number of rotatable bonds is 3. The number of amides is 1. The first-order chi connectivity index (χ1) is 7.80. The van der Waals surface area contributed by atoms with Gasteiger partial charge in [-0.1, -0.05) is 12.1 Å². The minimum absolute atomic E-state index is 0.109. The molecular formula is C11H10F3NO2. The SMILES string of the molecule is CC(=O)C(=O)NCc1cccc(C(F)(F)F)c1. The van der Waals surface area contributed by atoms with E-state index < -0.39 is 23.4 Å². The van der Waals surface area contributed by atoms with Crippen molar-refractivity contribution in [2.24, 2.45) is 0 Å². The lowest BCUT2D eigenvalue weighted by Gasteiger charge is -2.08. The molecule has 0 radical (unpaired) electrons. The lowest BCUT2D eigenvalue weighted by molar-refractivity contribution is -0.137. The van der Waals surface area contributed by atoms with Gasteiger partial charge in [-0.15, -0.1) is 0 Å². The fourth-order valence-electron chi connectivity index (χ4n) is 1.16. The smallest absolute Gasteiger partial charge is 0.345 e. The zero-order chi connectivity index (χ0) is 13.1. The Hall–Kier alpha value is -1.85. The second-order valence-corrected chi connectivity index (χ2v) is 3.44. The molecule has 6 heteroatoms. The van der Waals surface area contributed by atoms with Gasteiger partial charge >= 0.3 is 6.18 Å². The molecule has 0 aromatic heterocycles. The average molecular weight is 245 g/mol. The van der Waals surface area contributed by atoms with Crippen LogP contribution in [0.15, 0.2) is 24.3 Å². The molecule has 0 unspecified atom stereocenters. The van der Waals surface area contributed by atoms with Crippen LogP contribution < -0.4 is 5.32 Å². The number of nitrogens with one attached hydrogen (secondary N) is 1. The van der Waals surface area contributed by atoms with Crippen molar-refractivity contribution in [3.63, 3.8) is 0 Å². The number of hydrogen-bond donors (Lipinski definition) is 1. The van der Waals surface area contributed by atoms with Crippen LogP contribution in [0.3, 0.4) is 0 Å². The number of benzene rings is 1. The van der Waals surface area contributed by atoms with Crippen molar-refractivity contribution in [2.75, 3.05) is 0 Å². The van der Waals surface area contributed by atoms with E-state index in [2.05, 4.69) is 5.32 Å². The molecule has 1 amide bonds. The van der Waals surface area contributed by atoms with E-state index in [9.17, 15) is 22.8 Å². The predicted molar refractivity (Wildman–Crippen MR) is 54.0 cm³/mol. The highest BCUT2D eigenvalue weighted by Gasteiger charge is 2.30. The Kier molecular flexibility index (Phi) is 3.88. The van der Waals surface area contributed by atoms with Gasteiger partial charge in [0.1, 0.15) is 0 Å². The summed E-state index contributed by atoms with van der Waals surface area (Å²) in [5, 5.41) is 2.22. The van der Waals surface area contributed by atoms with Gasteiger partial charge < -0.3 is 5.32 Å². The van der Waals surface area contributed by atoms with E-state index in [1.165, 1.54) is 12.1 Å². The van der Waals surface area contributed by atoms with Crippen LogP contribution in [0.5, 0.6) is 0 Å². The zero-order valence-electron chi connectivity index (χ0n) is 8.97.